The van der Waals surface area contributed by atoms with Gasteiger partial charge in [-0.05, 0) is 31.0 Å². The second-order valence-electron chi connectivity index (χ2n) is 11.2. The quantitative estimate of drug-likeness (QED) is 0.197. The van der Waals surface area contributed by atoms with Crippen LogP contribution in [0.2, 0.25) is 0 Å². The molecule has 0 bridgehead atoms. The topological polar surface area (TPSA) is 110 Å². The van der Waals surface area contributed by atoms with E-state index in [0.717, 1.165) is 84.5 Å². The minimum Gasteiger partial charge on any atom is -0.494 e. The van der Waals surface area contributed by atoms with Crippen LogP contribution in [0.4, 0.5) is 22.9 Å². The first kappa shape index (κ1) is 28.6. The predicted octanol–water partition coefficient (Wildman–Crippen LogP) is 4.25. The third-order valence-corrected chi connectivity index (χ3v) is 8.49. The van der Waals surface area contributed by atoms with E-state index in [1.807, 2.05) is 42.2 Å². The predicted molar refractivity (Wildman–Crippen MR) is 169 cm³/mol. The number of ether oxygens (including phenoxy) is 2. The van der Waals surface area contributed by atoms with Gasteiger partial charge in [0.15, 0.2) is 0 Å². The Kier molecular flexibility index (Phi) is 8.26. The third-order valence-electron chi connectivity index (χ3n) is 8.49. The van der Waals surface area contributed by atoms with Gasteiger partial charge in [-0.1, -0.05) is 12.6 Å². The normalized spacial score (nSPS) is 16.2. The molecular weight excluding hydrogens is 544 g/mol. The Morgan fingerprint density at radius 3 is 2.65 bits per heavy atom. The number of aromatic nitrogens is 4. The highest BCUT2D eigenvalue weighted by molar-refractivity contribution is 5.85. The molecule has 0 amide bonds. The summed E-state index contributed by atoms with van der Waals surface area (Å²) in [6, 6.07) is 12.7. The molecule has 2 aromatic heterocycles. The van der Waals surface area contributed by atoms with E-state index >= 15 is 0 Å². The molecule has 2 aliphatic heterocycles. The van der Waals surface area contributed by atoms with Gasteiger partial charge in [-0.25, -0.2) is 9.97 Å². The summed E-state index contributed by atoms with van der Waals surface area (Å²) in [6.45, 7) is 8.07. The number of hydrogen-bond donors (Lipinski definition) is 2. The number of fused-ring (bicyclic) bond motifs is 1. The summed E-state index contributed by atoms with van der Waals surface area (Å²) in [7, 11) is 5.39. The molecule has 0 saturated carbocycles. The number of carbonyl (C=O) groups excluding carboxylic acids is 1. The summed E-state index contributed by atoms with van der Waals surface area (Å²) in [5, 5.41) is 12.3. The van der Waals surface area contributed by atoms with Gasteiger partial charge in [0, 0.05) is 81.6 Å². The lowest BCUT2D eigenvalue weighted by Gasteiger charge is -2.47. The molecule has 2 N–H and O–H groups in total. The van der Waals surface area contributed by atoms with Crippen LogP contribution >= 0.6 is 0 Å². The number of nitrogens with one attached hydrogen (secondary N) is 2. The molecule has 0 radical (unpaired) electrons. The summed E-state index contributed by atoms with van der Waals surface area (Å²) in [4.78, 5) is 25.2. The fourth-order valence-corrected chi connectivity index (χ4v) is 5.92. The zero-order chi connectivity index (χ0) is 29.9. The van der Waals surface area contributed by atoms with Crippen LogP contribution in [-0.4, -0.2) is 90.0 Å². The Balaban J connectivity index is 1.24. The zero-order valence-corrected chi connectivity index (χ0v) is 24.9. The monoisotopic (exact) mass is 582 g/mol. The fourth-order valence-electron chi connectivity index (χ4n) is 5.92. The second kappa shape index (κ2) is 12.4. The van der Waals surface area contributed by atoms with Gasteiger partial charge in [-0.3, -0.25) is 14.4 Å². The molecule has 0 unspecified atom stereocenters. The Labute approximate surface area is 251 Å². The van der Waals surface area contributed by atoms with Crippen LogP contribution in [0.15, 0.2) is 61.1 Å². The molecule has 0 atom stereocenters. The standard InChI is InChI=1S/C32H38N8O3/c1-21(19-41)15-33-27-12-28(31(43-4)14-30(27)39-9-7-24(8-10-39)40-17-25(18-40)42-3)37-32-13-26(34-20-35-32)22-5-6-29-23(11-22)16-36-38(29)2/h5-6,11-14,16,19-20,24-25,33H,1,7-10,15,17-18H2,2-4H3,(H,34,35,37). The van der Waals surface area contributed by atoms with Gasteiger partial charge in [-0.15, -0.1) is 0 Å². The first-order chi connectivity index (χ1) is 20.9. The first-order valence-corrected chi connectivity index (χ1v) is 14.6. The van der Waals surface area contributed by atoms with Crippen molar-refractivity contribution >= 4 is 40.1 Å². The Hall–Kier alpha value is -4.48. The van der Waals surface area contributed by atoms with Crippen molar-refractivity contribution in [3.05, 3.63) is 61.1 Å². The second-order valence-corrected chi connectivity index (χ2v) is 11.2. The molecule has 6 rings (SSSR count). The smallest absolute Gasteiger partial charge is 0.147 e. The van der Waals surface area contributed by atoms with Crippen molar-refractivity contribution in [2.24, 2.45) is 7.05 Å². The summed E-state index contributed by atoms with van der Waals surface area (Å²) in [5.41, 5.74) is 5.98. The Morgan fingerprint density at radius 1 is 1.09 bits per heavy atom. The fraction of sp³-hybridized carbons (Fsp3) is 0.375. The number of anilines is 4. The van der Waals surface area contributed by atoms with Gasteiger partial charge in [-0.2, -0.15) is 5.10 Å². The van der Waals surface area contributed by atoms with Crippen LogP contribution < -0.4 is 20.3 Å². The summed E-state index contributed by atoms with van der Waals surface area (Å²) < 4.78 is 13.2. The van der Waals surface area contributed by atoms with E-state index in [2.05, 4.69) is 54.2 Å². The molecule has 224 valence electrons. The summed E-state index contributed by atoms with van der Waals surface area (Å²) >= 11 is 0. The number of aldehydes is 1. The number of rotatable bonds is 11. The third kappa shape index (κ3) is 6.04. The van der Waals surface area contributed by atoms with Gasteiger partial charge in [0.25, 0.3) is 0 Å². The average Bonchev–Trinajstić information content (AvgIpc) is 3.39. The number of piperidine rings is 1. The highest BCUT2D eigenvalue weighted by Gasteiger charge is 2.34. The van der Waals surface area contributed by atoms with Crippen molar-refractivity contribution in [2.75, 3.05) is 62.5 Å². The van der Waals surface area contributed by atoms with Crippen LogP contribution in [-0.2, 0) is 16.6 Å². The number of hydrogen-bond acceptors (Lipinski definition) is 10. The van der Waals surface area contributed by atoms with Crippen LogP contribution in [0.3, 0.4) is 0 Å². The lowest BCUT2D eigenvalue weighted by Crippen LogP contribution is -2.58. The first-order valence-electron chi connectivity index (χ1n) is 14.6. The van der Waals surface area contributed by atoms with Crippen LogP contribution in [0, 0.1) is 0 Å². The molecule has 4 heterocycles. The zero-order valence-electron chi connectivity index (χ0n) is 24.9. The molecule has 2 fully saturated rings. The molecule has 0 aliphatic carbocycles. The van der Waals surface area contributed by atoms with Crippen molar-refractivity contribution in [3.8, 4) is 17.0 Å². The van der Waals surface area contributed by atoms with Gasteiger partial charge in [0.05, 0.1) is 47.7 Å². The van der Waals surface area contributed by atoms with Gasteiger partial charge >= 0.3 is 0 Å². The van der Waals surface area contributed by atoms with Crippen LogP contribution in [0.5, 0.6) is 5.75 Å². The minimum absolute atomic E-state index is 0.347. The van der Waals surface area contributed by atoms with E-state index in [-0.39, 0.29) is 0 Å². The maximum absolute atomic E-state index is 11.3. The molecule has 2 aromatic carbocycles. The van der Waals surface area contributed by atoms with Crippen LogP contribution in [0.25, 0.3) is 22.2 Å². The highest BCUT2D eigenvalue weighted by atomic mass is 16.5. The molecule has 4 aromatic rings. The minimum atomic E-state index is 0.347. The average molecular weight is 583 g/mol. The largest absolute Gasteiger partial charge is 0.494 e. The highest BCUT2D eigenvalue weighted by Crippen LogP contribution is 2.40. The van der Waals surface area contributed by atoms with E-state index < -0.39 is 0 Å². The van der Waals surface area contributed by atoms with Crippen molar-refractivity contribution in [1.82, 2.24) is 24.6 Å². The molecule has 11 heteroatoms. The van der Waals surface area contributed by atoms with Crippen LogP contribution in [0.1, 0.15) is 12.8 Å². The lowest BCUT2D eigenvalue weighted by molar-refractivity contribution is -0.104. The number of benzene rings is 2. The van der Waals surface area contributed by atoms with Gasteiger partial charge in [0.2, 0.25) is 0 Å². The molecule has 0 spiro atoms. The van der Waals surface area contributed by atoms with Crippen molar-refractivity contribution in [1.29, 1.82) is 0 Å². The maximum Gasteiger partial charge on any atom is 0.147 e. The molecule has 2 aliphatic rings. The molecular formula is C32H38N8O3. The Bertz CT molecular complexity index is 1620. The SMILES string of the molecule is C=C(C=O)CNc1cc(Nc2cc(-c3ccc4c(cnn4C)c3)ncn2)c(OC)cc1N1CCC(N2CC(OC)C2)CC1. The van der Waals surface area contributed by atoms with E-state index in [0.29, 0.717) is 35.8 Å². The summed E-state index contributed by atoms with van der Waals surface area (Å²) in [6.07, 6.45) is 6.70. The molecule has 43 heavy (non-hydrogen) atoms. The van der Waals surface area contributed by atoms with E-state index in [1.54, 1.807) is 20.5 Å². The molecule has 11 nitrogen and oxygen atoms in total. The maximum atomic E-state index is 11.3. The van der Waals surface area contributed by atoms with E-state index in [9.17, 15) is 4.79 Å². The number of likely N-dealkylation sites (tertiary alicyclic amines) is 1. The van der Waals surface area contributed by atoms with Crippen molar-refractivity contribution < 1.29 is 14.3 Å². The van der Waals surface area contributed by atoms with E-state index in [1.165, 1.54) is 0 Å². The number of nitrogens with zero attached hydrogens (tertiary/aromatic N) is 6. The molecule has 2 saturated heterocycles. The van der Waals surface area contributed by atoms with E-state index in [4.69, 9.17) is 9.47 Å². The number of methoxy groups -OCH3 is 2. The van der Waals surface area contributed by atoms with Crippen molar-refractivity contribution in [2.45, 2.75) is 25.0 Å². The van der Waals surface area contributed by atoms with Crippen molar-refractivity contribution in [3.63, 3.8) is 0 Å². The summed E-state index contributed by atoms with van der Waals surface area (Å²) in [5.74, 6) is 1.33. The number of carbonyl (C=O) groups is 1. The Morgan fingerprint density at radius 2 is 1.91 bits per heavy atom. The van der Waals surface area contributed by atoms with Gasteiger partial charge in [0.1, 0.15) is 24.2 Å². The lowest BCUT2D eigenvalue weighted by atomic mass is 9.98. The number of aryl methyl sites for hydroxylation is 1. The van der Waals surface area contributed by atoms with Gasteiger partial charge < -0.3 is 25.0 Å².